The van der Waals surface area contributed by atoms with E-state index in [4.69, 9.17) is 5.14 Å². The second-order valence-electron chi connectivity index (χ2n) is 7.11. The molecule has 0 bridgehead atoms. The Hall–Kier alpha value is -3.11. The molecule has 2 aliphatic heterocycles. The lowest BCUT2D eigenvalue weighted by Crippen LogP contribution is -2.52. The fourth-order valence-electron chi connectivity index (χ4n) is 3.79. The van der Waals surface area contributed by atoms with Crippen molar-refractivity contribution in [1.29, 1.82) is 0 Å². The number of rotatable bonds is 5. The Morgan fingerprint density at radius 1 is 1.20 bits per heavy atom. The number of fused-ring (bicyclic) bond motifs is 1. The van der Waals surface area contributed by atoms with Gasteiger partial charge in [0.1, 0.15) is 22.8 Å². The number of nitrogens with two attached hydrogens (primary N) is 1. The number of amides is 3. The highest BCUT2D eigenvalue weighted by Gasteiger charge is 2.39. The normalized spacial score (nSPS) is 19.5. The fourth-order valence-corrected chi connectivity index (χ4v) is 4.31. The number of carbonyl (C=O) groups is 3. The van der Waals surface area contributed by atoms with E-state index in [1.807, 2.05) is 0 Å². The topological polar surface area (TPSA) is 122 Å². The van der Waals surface area contributed by atoms with Crippen LogP contribution in [0.1, 0.15) is 34.3 Å². The molecule has 0 aliphatic carbocycles. The van der Waals surface area contributed by atoms with Crippen molar-refractivity contribution in [2.45, 2.75) is 36.9 Å². The number of benzene rings is 2. The average Bonchev–Trinajstić information content (AvgIpc) is 3.04. The monoisotopic (exact) mass is 430 g/mol. The van der Waals surface area contributed by atoms with Gasteiger partial charge in [0, 0.05) is 41.9 Å². The zero-order valence-corrected chi connectivity index (χ0v) is 16.6. The highest BCUT2D eigenvalue weighted by molar-refractivity contribution is 7.82. The molecular weight excluding hydrogens is 411 g/mol. The highest BCUT2D eigenvalue weighted by Crippen LogP contribution is 2.32. The summed E-state index contributed by atoms with van der Waals surface area (Å²) in [4.78, 5) is 37.8. The molecule has 4 N–H and O–H groups in total. The zero-order valence-electron chi connectivity index (χ0n) is 15.8. The summed E-state index contributed by atoms with van der Waals surface area (Å²) in [5, 5.41) is 10.7. The van der Waals surface area contributed by atoms with E-state index in [9.17, 15) is 23.0 Å². The van der Waals surface area contributed by atoms with Crippen LogP contribution in [-0.4, -0.2) is 32.9 Å². The van der Waals surface area contributed by atoms with Crippen molar-refractivity contribution >= 4 is 34.4 Å². The van der Waals surface area contributed by atoms with Crippen LogP contribution < -0.4 is 15.8 Å². The summed E-state index contributed by atoms with van der Waals surface area (Å²) in [5.74, 6) is -1.74. The summed E-state index contributed by atoms with van der Waals surface area (Å²) in [7, 11) is -1.93. The largest absolute Gasteiger partial charge is 0.381 e. The van der Waals surface area contributed by atoms with Crippen LogP contribution in [0.3, 0.4) is 0 Å². The molecule has 2 atom stereocenters. The van der Waals surface area contributed by atoms with Gasteiger partial charge in [0.25, 0.3) is 5.91 Å². The lowest BCUT2D eigenvalue weighted by atomic mass is 10.0. The van der Waals surface area contributed by atoms with E-state index in [0.717, 1.165) is 0 Å². The zero-order chi connectivity index (χ0) is 21.4. The minimum absolute atomic E-state index is 0.0770. The maximum absolute atomic E-state index is 14.5. The van der Waals surface area contributed by atoms with Gasteiger partial charge in [-0.3, -0.25) is 19.7 Å². The lowest BCUT2D eigenvalue weighted by molar-refractivity contribution is -0.136. The van der Waals surface area contributed by atoms with Gasteiger partial charge in [0.2, 0.25) is 11.8 Å². The average molecular weight is 430 g/mol. The number of imide groups is 1. The van der Waals surface area contributed by atoms with E-state index in [1.165, 1.54) is 11.0 Å². The molecule has 0 radical (unpaired) electrons. The van der Waals surface area contributed by atoms with E-state index < -0.39 is 28.8 Å². The molecule has 3 amide bonds. The molecule has 0 saturated carbocycles. The number of carbonyl (C=O) groups excluding carboxylic acids is 3. The Labute approximate surface area is 174 Å². The minimum atomic E-state index is -1.93. The predicted octanol–water partition coefficient (Wildman–Crippen LogP) is 1.18. The summed E-state index contributed by atoms with van der Waals surface area (Å²) in [5.41, 5.74) is 2.08. The summed E-state index contributed by atoms with van der Waals surface area (Å²) < 4.78 is 25.9. The van der Waals surface area contributed by atoms with Gasteiger partial charge in [0.05, 0.1) is 4.90 Å². The van der Waals surface area contributed by atoms with Gasteiger partial charge in [-0.2, -0.15) is 0 Å². The number of nitrogens with zero attached hydrogens (tertiary/aromatic N) is 1. The van der Waals surface area contributed by atoms with Crippen LogP contribution in [0, 0.1) is 5.82 Å². The van der Waals surface area contributed by atoms with Gasteiger partial charge in [0.15, 0.2) is 0 Å². The van der Waals surface area contributed by atoms with Gasteiger partial charge in [-0.1, -0.05) is 18.2 Å². The van der Waals surface area contributed by atoms with Crippen LogP contribution in [0.15, 0.2) is 41.3 Å². The first kappa shape index (κ1) is 20.2. The number of anilines is 1. The van der Waals surface area contributed by atoms with Crippen LogP contribution in [-0.2, 0) is 33.7 Å². The fraction of sp³-hybridized carbons (Fsp3) is 0.250. The third-order valence-corrected chi connectivity index (χ3v) is 6.06. The third kappa shape index (κ3) is 3.59. The Morgan fingerprint density at radius 3 is 2.70 bits per heavy atom. The third-order valence-electron chi connectivity index (χ3n) is 5.31. The first-order chi connectivity index (χ1) is 14.4. The molecule has 2 heterocycles. The van der Waals surface area contributed by atoms with Crippen molar-refractivity contribution in [3.63, 3.8) is 0 Å². The van der Waals surface area contributed by atoms with Gasteiger partial charge in [-0.25, -0.2) is 13.7 Å². The molecule has 1 unspecified atom stereocenters. The van der Waals surface area contributed by atoms with E-state index in [1.54, 1.807) is 30.3 Å². The van der Waals surface area contributed by atoms with Gasteiger partial charge < -0.3 is 10.2 Å². The second kappa shape index (κ2) is 7.96. The quantitative estimate of drug-likeness (QED) is 0.615. The lowest BCUT2D eigenvalue weighted by Gasteiger charge is -2.29. The molecule has 2 aliphatic rings. The van der Waals surface area contributed by atoms with E-state index in [2.05, 4.69) is 10.6 Å². The molecule has 1 fully saturated rings. The van der Waals surface area contributed by atoms with Crippen molar-refractivity contribution < 1.29 is 23.0 Å². The molecule has 0 spiro atoms. The molecule has 10 heteroatoms. The molecule has 30 heavy (non-hydrogen) atoms. The molecule has 2 aromatic rings. The summed E-state index contributed by atoms with van der Waals surface area (Å²) in [6.45, 7) is 0.304. The smallest absolute Gasteiger partial charge is 0.255 e. The predicted molar refractivity (Wildman–Crippen MR) is 107 cm³/mol. The second-order valence-corrected chi connectivity index (χ2v) is 8.15. The summed E-state index contributed by atoms with van der Waals surface area (Å²) in [6, 6.07) is 8.94. The van der Waals surface area contributed by atoms with Crippen molar-refractivity contribution in [3.8, 4) is 0 Å². The minimum Gasteiger partial charge on any atom is -0.381 e. The Bertz CT molecular complexity index is 1090. The number of piperidine rings is 1. The van der Waals surface area contributed by atoms with Gasteiger partial charge in [-0.15, -0.1) is 0 Å². The SMILES string of the molecule is NS(=O)c1cccc(CNc2cccc3c2CN([C@@H]2CCC(=O)NC2=O)C3=O)c1F. The number of hydrogen-bond donors (Lipinski definition) is 3. The molecule has 2 aromatic carbocycles. The van der Waals surface area contributed by atoms with Crippen LogP contribution in [0.5, 0.6) is 0 Å². The number of halogens is 1. The molecule has 4 rings (SSSR count). The van der Waals surface area contributed by atoms with E-state index >= 15 is 0 Å². The van der Waals surface area contributed by atoms with Crippen LogP contribution in [0.25, 0.3) is 0 Å². The Kier molecular flexibility index (Phi) is 5.35. The maximum Gasteiger partial charge on any atom is 0.255 e. The van der Waals surface area contributed by atoms with Crippen LogP contribution in [0.4, 0.5) is 10.1 Å². The van der Waals surface area contributed by atoms with Crippen LogP contribution >= 0.6 is 0 Å². The van der Waals surface area contributed by atoms with Crippen molar-refractivity contribution in [3.05, 3.63) is 58.9 Å². The first-order valence-corrected chi connectivity index (χ1v) is 10.5. The molecule has 8 nitrogen and oxygen atoms in total. The maximum atomic E-state index is 14.5. The van der Waals surface area contributed by atoms with Gasteiger partial charge >= 0.3 is 0 Å². The number of hydrogen-bond acceptors (Lipinski definition) is 5. The first-order valence-electron chi connectivity index (χ1n) is 9.31. The van der Waals surface area contributed by atoms with Gasteiger partial charge in [-0.05, 0) is 24.6 Å². The highest BCUT2D eigenvalue weighted by atomic mass is 32.2. The molecular formula is C20H19FN4O4S. The van der Waals surface area contributed by atoms with Crippen LogP contribution in [0.2, 0.25) is 0 Å². The molecule has 0 aromatic heterocycles. The summed E-state index contributed by atoms with van der Waals surface area (Å²) in [6.07, 6.45) is 0.459. The standard InChI is InChI=1S/C20H19FN4O4S/c21-18-11(3-1-6-16(18)30(22)29)9-23-14-5-2-4-12-13(14)10-25(20(12)28)15-7-8-17(26)24-19(15)27/h1-6,15,23H,7-10,22H2,(H,24,26,27)/t15-,30?/m1/s1. The van der Waals surface area contributed by atoms with E-state index in [0.29, 0.717) is 16.8 Å². The summed E-state index contributed by atoms with van der Waals surface area (Å²) >= 11 is 0. The Morgan fingerprint density at radius 2 is 1.97 bits per heavy atom. The Balaban J connectivity index is 1.55. The van der Waals surface area contributed by atoms with E-state index in [-0.39, 0.29) is 48.2 Å². The van der Waals surface area contributed by atoms with Crippen molar-refractivity contribution in [2.75, 3.05) is 5.32 Å². The van der Waals surface area contributed by atoms with Crippen molar-refractivity contribution in [2.24, 2.45) is 5.14 Å². The van der Waals surface area contributed by atoms with Crippen molar-refractivity contribution in [1.82, 2.24) is 10.2 Å². The molecule has 156 valence electrons. The molecule has 1 saturated heterocycles. The number of nitrogens with one attached hydrogen (secondary N) is 2.